The minimum atomic E-state index is -0.488. The molecule has 2 aromatic rings. The molecule has 1 aromatic heterocycles. The summed E-state index contributed by atoms with van der Waals surface area (Å²) < 4.78 is 13.5. The van der Waals surface area contributed by atoms with Gasteiger partial charge in [0, 0.05) is 21.8 Å². The quantitative estimate of drug-likeness (QED) is 0.909. The number of carbonyl (C=O) groups is 1. The Hall–Kier alpha value is -1.88. The summed E-state index contributed by atoms with van der Waals surface area (Å²) in [6.07, 6.45) is -0.128. The van der Waals surface area contributed by atoms with Crippen molar-refractivity contribution in [1.29, 1.82) is 0 Å². The molecule has 0 bridgehead atoms. The number of nitrogens with zero attached hydrogens (tertiary/aromatic N) is 1. The Bertz CT molecular complexity index is 604. The van der Waals surface area contributed by atoms with Gasteiger partial charge in [-0.15, -0.1) is 0 Å². The maximum absolute atomic E-state index is 13.5. The van der Waals surface area contributed by atoms with Crippen LogP contribution in [0.2, 0.25) is 5.02 Å². The van der Waals surface area contributed by atoms with E-state index in [0.29, 0.717) is 5.82 Å². The SMILES string of the molecule is Cc1[nH]nc(NC(=O)Cc2c(F)cccc2Cl)c1C. The molecule has 2 rings (SSSR count). The summed E-state index contributed by atoms with van der Waals surface area (Å²) in [4.78, 5) is 11.9. The third-order valence-electron chi connectivity index (χ3n) is 2.91. The van der Waals surface area contributed by atoms with Gasteiger partial charge in [-0.2, -0.15) is 5.10 Å². The van der Waals surface area contributed by atoms with E-state index < -0.39 is 5.82 Å². The summed E-state index contributed by atoms with van der Waals surface area (Å²) in [5.41, 5.74) is 1.92. The predicted molar refractivity (Wildman–Crippen MR) is 71.8 cm³/mol. The van der Waals surface area contributed by atoms with Crippen LogP contribution < -0.4 is 5.32 Å². The fourth-order valence-electron chi connectivity index (χ4n) is 1.64. The molecule has 0 unspecified atom stereocenters. The fourth-order valence-corrected chi connectivity index (χ4v) is 1.87. The van der Waals surface area contributed by atoms with Crippen molar-refractivity contribution in [3.05, 3.63) is 45.9 Å². The van der Waals surface area contributed by atoms with Gasteiger partial charge in [-0.25, -0.2) is 4.39 Å². The minimum absolute atomic E-state index is 0.128. The minimum Gasteiger partial charge on any atom is -0.309 e. The summed E-state index contributed by atoms with van der Waals surface area (Å²) in [6, 6.07) is 4.33. The molecule has 0 saturated heterocycles. The number of hydrogen-bond donors (Lipinski definition) is 2. The lowest BCUT2D eigenvalue weighted by Gasteiger charge is -2.06. The zero-order valence-electron chi connectivity index (χ0n) is 10.6. The number of aromatic amines is 1. The first kappa shape index (κ1) is 13.5. The molecule has 1 heterocycles. The highest BCUT2D eigenvalue weighted by atomic mass is 35.5. The third-order valence-corrected chi connectivity index (χ3v) is 3.26. The molecule has 0 fully saturated rings. The molecule has 0 radical (unpaired) electrons. The first-order valence-electron chi connectivity index (χ1n) is 5.73. The number of aryl methyl sites for hydroxylation is 1. The molecule has 0 saturated carbocycles. The standard InChI is InChI=1S/C13H13ClFN3O/c1-7-8(2)17-18-13(7)16-12(19)6-9-10(14)4-3-5-11(9)15/h3-5H,6H2,1-2H3,(H2,16,17,18,19). The lowest BCUT2D eigenvalue weighted by molar-refractivity contribution is -0.115. The summed E-state index contributed by atoms with van der Waals surface area (Å²) >= 11 is 5.87. The number of amides is 1. The number of nitrogens with one attached hydrogen (secondary N) is 2. The molecule has 100 valence electrons. The molecular weight excluding hydrogens is 269 g/mol. The Labute approximate surface area is 115 Å². The zero-order valence-corrected chi connectivity index (χ0v) is 11.3. The van der Waals surface area contributed by atoms with Crippen molar-refractivity contribution in [2.45, 2.75) is 20.3 Å². The van der Waals surface area contributed by atoms with Crippen molar-refractivity contribution in [2.75, 3.05) is 5.32 Å². The molecule has 1 amide bonds. The van der Waals surface area contributed by atoms with Crippen LogP contribution in [0.25, 0.3) is 0 Å². The molecule has 19 heavy (non-hydrogen) atoms. The lowest BCUT2D eigenvalue weighted by Crippen LogP contribution is -2.16. The van der Waals surface area contributed by atoms with Gasteiger partial charge in [-0.05, 0) is 26.0 Å². The van der Waals surface area contributed by atoms with Gasteiger partial charge in [0.25, 0.3) is 0 Å². The fraction of sp³-hybridized carbons (Fsp3) is 0.231. The van der Waals surface area contributed by atoms with Crippen molar-refractivity contribution in [2.24, 2.45) is 0 Å². The predicted octanol–water partition coefficient (Wildman–Crippen LogP) is 3.00. The summed E-state index contributed by atoms with van der Waals surface area (Å²) in [6.45, 7) is 3.69. The molecular formula is C13H13ClFN3O. The second kappa shape index (κ2) is 5.40. The Balaban J connectivity index is 2.12. The van der Waals surface area contributed by atoms with E-state index in [2.05, 4.69) is 15.5 Å². The summed E-state index contributed by atoms with van der Waals surface area (Å²) in [5, 5.41) is 9.59. The normalized spacial score (nSPS) is 10.5. The highest BCUT2D eigenvalue weighted by molar-refractivity contribution is 6.31. The van der Waals surface area contributed by atoms with E-state index in [-0.39, 0.29) is 22.9 Å². The number of benzene rings is 1. The molecule has 4 nitrogen and oxygen atoms in total. The Kier molecular flexibility index (Phi) is 3.85. The van der Waals surface area contributed by atoms with Crippen LogP contribution in [0, 0.1) is 19.7 Å². The Morgan fingerprint density at radius 2 is 2.21 bits per heavy atom. The maximum atomic E-state index is 13.5. The average molecular weight is 282 g/mol. The van der Waals surface area contributed by atoms with Gasteiger partial charge in [0.05, 0.1) is 6.42 Å². The third kappa shape index (κ3) is 2.93. The molecule has 2 N–H and O–H groups in total. The number of halogens is 2. The molecule has 0 aliphatic carbocycles. The van der Waals surface area contributed by atoms with Crippen LogP contribution in [0.3, 0.4) is 0 Å². The van der Waals surface area contributed by atoms with Gasteiger partial charge < -0.3 is 5.32 Å². The second-order valence-electron chi connectivity index (χ2n) is 4.25. The van der Waals surface area contributed by atoms with Gasteiger partial charge in [0.1, 0.15) is 5.82 Å². The number of hydrogen-bond acceptors (Lipinski definition) is 2. The molecule has 0 aliphatic heterocycles. The van der Waals surface area contributed by atoms with E-state index in [0.717, 1.165) is 11.3 Å². The van der Waals surface area contributed by atoms with Crippen LogP contribution in [0.15, 0.2) is 18.2 Å². The van der Waals surface area contributed by atoms with Crippen LogP contribution in [-0.2, 0) is 11.2 Å². The van der Waals surface area contributed by atoms with E-state index in [1.807, 2.05) is 13.8 Å². The topological polar surface area (TPSA) is 57.8 Å². The maximum Gasteiger partial charge on any atom is 0.230 e. The van der Waals surface area contributed by atoms with Crippen LogP contribution in [0.1, 0.15) is 16.8 Å². The number of aromatic nitrogens is 2. The van der Waals surface area contributed by atoms with Crippen molar-refractivity contribution < 1.29 is 9.18 Å². The number of carbonyl (C=O) groups excluding carboxylic acids is 1. The second-order valence-corrected chi connectivity index (χ2v) is 4.65. The zero-order chi connectivity index (χ0) is 14.0. The summed E-state index contributed by atoms with van der Waals surface area (Å²) in [5.74, 6) is -0.394. The van der Waals surface area contributed by atoms with E-state index >= 15 is 0 Å². The average Bonchev–Trinajstić information content (AvgIpc) is 2.66. The Morgan fingerprint density at radius 3 is 2.79 bits per heavy atom. The number of anilines is 1. The van der Waals surface area contributed by atoms with Gasteiger partial charge in [0.15, 0.2) is 5.82 Å². The largest absolute Gasteiger partial charge is 0.309 e. The van der Waals surface area contributed by atoms with Crippen LogP contribution >= 0.6 is 11.6 Å². The smallest absolute Gasteiger partial charge is 0.230 e. The van der Waals surface area contributed by atoms with E-state index in [1.54, 1.807) is 6.07 Å². The molecule has 6 heteroatoms. The van der Waals surface area contributed by atoms with Gasteiger partial charge in [-0.3, -0.25) is 9.89 Å². The van der Waals surface area contributed by atoms with Crippen molar-refractivity contribution in [1.82, 2.24) is 10.2 Å². The van der Waals surface area contributed by atoms with Crippen molar-refractivity contribution >= 4 is 23.3 Å². The summed E-state index contributed by atoms with van der Waals surface area (Å²) in [7, 11) is 0. The van der Waals surface area contributed by atoms with E-state index in [4.69, 9.17) is 11.6 Å². The molecule has 0 atom stereocenters. The van der Waals surface area contributed by atoms with Crippen LogP contribution in [-0.4, -0.2) is 16.1 Å². The van der Waals surface area contributed by atoms with Crippen molar-refractivity contribution in [3.63, 3.8) is 0 Å². The first-order valence-corrected chi connectivity index (χ1v) is 6.11. The Morgan fingerprint density at radius 1 is 1.47 bits per heavy atom. The number of rotatable bonds is 3. The highest BCUT2D eigenvalue weighted by Gasteiger charge is 2.14. The van der Waals surface area contributed by atoms with Crippen LogP contribution in [0.4, 0.5) is 10.2 Å². The molecule has 0 aliphatic rings. The van der Waals surface area contributed by atoms with E-state index in [1.165, 1.54) is 12.1 Å². The lowest BCUT2D eigenvalue weighted by atomic mass is 10.1. The van der Waals surface area contributed by atoms with Gasteiger partial charge in [-0.1, -0.05) is 17.7 Å². The number of H-pyrrole nitrogens is 1. The van der Waals surface area contributed by atoms with E-state index in [9.17, 15) is 9.18 Å². The molecule has 1 aromatic carbocycles. The first-order chi connectivity index (χ1) is 8.99. The van der Waals surface area contributed by atoms with Gasteiger partial charge >= 0.3 is 0 Å². The monoisotopic (exact) mass is 281 g/mol. The van der Waals surface area contributed by atoms with Crippen molar-refractivity contribution in [3.8, 4) is 0 Å². The highest BCUT2D eigenvalue weighted by Crippen LogP contribution is 2.20. The van der Waals surface area contributed by atoms with Gasteiger partial charge in [0.2, 0.25) is 5.91 Å². The molecule has 0 spiro atoms. The van der Waals surface area contributed by atoms with Crippen LogP contribution in [0.5, 0.6) is 0 Å².